The zero-order chi connectivity index (χ0) is 11.8. The van der Waals surface area contributed by atoms with Gasteiger partial charge in [0.05, 0.1) is 10.7 Å². The van der Waals surface area contributed by atoms with Crippen molar-refractivity contribution in [2.75, 3.05) is 26.2 Å². The Balaban J connectivity index is 2.11. The first-order valence-corrected chi connectivity index (χ1v) is 6.98. The lowest BCUT2D eigenvalue weighted by Crippen LogP contribution is -2.32. The minimum absolute atomic E-state index is 0.897. The van der Waals surface area contributed by atoms with E-state index in [9.17, 15) is 0 Å². The summed E-state index contributed by atoms with van der Waals surface area (Å²) in [4.78, 5) is 6.90. The highest BCUT2D eigenvalue weighted by molar-refractivity contribution is 7.09. The molecule has 0 saturated carbocycles. The molecule has 0 amide bonds. The van der Waals surface area contributed by atoms with Gasteiger partial charge in [-0.15, -0.1) is 11.3 Å². The van der Waals surface area contributed by atoms with Crippen molar-refractivity contribution in [2.45, 2.75) is 33.7 Å². The van der Waals surface area contributed by atoms with Crippen LogP contribution < -0.4 is 5.32 Å². The Morgan fingerprint density at radius 1 is 1.38 bits per heavy atom. The van der Waals surface area contributed by atoms with Crippen LogP contribution >= 0.6 is 11.3 Å². The molecule has 16 heavy (non-hydrogen) atoms. The van der Waals surface area contributed by atoms with Crippen LogP contribution in [-0.4, -0.2) is 36.1 Å². The molecule has 1 aromatic heterocycles. The zero-order valence-corrected chi connectivity index (χ0v) is 11.4. The Hall–Kier alpha value is -0.450. The summed E-state index contributed by atoms with van der Waals surface area (Å²) >= 11 is 1.72. The quantitative estimate of drug-likeness (QED) is 0.708. The normalized spacial score (nSPS) is 11.2. The van der Waals surface area contributed by atoms with Crippen LogP contribution in [0.15, 0.2) is 5.38 Å². The smallest absolute Gasteiger partial charge is 0.0897 e. The minimum Gasteiger partial charge on any atom is -0.310 e. The molecule has 4 heteroatoms. The molecule has 0 aliphatic carbocycles. The van der Waals surface area contributed by atoms with Gasteiger partial charge in [-0.25, -0.2) is 4.98 Å². The van der Waals surface area contributed by atoms with Gasteiger partial charge in [-0.2, -0.15) is 0 Å². The van der Waals surface area contributed by atoms with Crippen molar-refractivity contribution >= 4 is 11.3 Å². The first-order valence-electron chi connectivity index (χ1n) is 6.10. The lowest BCUT2D eigenvalue weighted by Gasteiger charge is -2.19. The molecule has 0 saturated heterocycles. The lowest BCUT2D eigenvalue weighted by atomic mass is 10.4. The largest absolute Gasteiger partial charge is 0.310 e. The number of likely N-dealkylation sites (N-methyl/N-ethyl adjacent to an activating group) is 1. The fourth-order valence-electron chi connectivity index (χ4n) is 1.69. The maximum Gasteiger partial charge on any atom is 0.0897 e. The Morgan fingerprint density at radius 2 is 2.19 bits per heavy atom. The monoisotopic (exact) mass is 241 g/mol. The highest BCUT2D eigenvalue weighted by Crippen LogP contribution is 2.06. The molecule has 92 valence electrons. The molecular weight excluding hydrogens is 218 g/mol. The number of hydrogen-bond donors (Lipinski definition) is 1. The second kappa shape index (κ2) is 7.76. The van der Waals surface area contributed by atoms with Gasteiger partial charge in [-0.3, -0.25) is 0 Å². The van der Waals surface area contributed by atoms with E-state index >= 15 is 0 Å². The molecule has 1 rings (SSSR count). The highest BCUT2D eigenvalue weighted by atomic mass is 32.1. The van der Waals surface area contributed by atoms with Gasteiger partial charge in [0, 0.05) is 25.0 Å². The standard InChI is InChI=1S/C12H23N3S/c1-4-7-15(5-2)8-6-13-9-12-10-16-11(3)14-12/h10,13H,4-9H2,1-3H3. The maximum atomic E-state index is 4.43. The van der Waals surface area contributed by atoms with Crippen molar-refractivity contribution in [3.8, 4) is 0 Å². The van der Waals surface area contributed by atoms with Crippen LogP contribution in [0.2, 0.25) is 0 Å². The lowest BCUT2D eigenvalue weighted by molar-refractivity contribution is 0.287. The summed E-state index contributed by atoms with van der Waals surface area (Å²) < 4.78 is 0. The van der Waals surface area contributed by atoms with Gasteiger partial charge in [-0.05, 0) is 26.4 Å². The van der Waals surface area contributed by atoms with Crippen molar-refractivity contribution in [1.29, 1.82) is 0 Å². The van der Waals surface area contributed by atoms with Crippen LogP contribution in [0.5, 0.6) is 0 Å². The number of hydrogen-bond acceptors (Lipinski definition) is 4. The van der Waals surface area contributed by atoms with Gasteiger partial charge in [-0.1, -0.05) is 13.8 Å². The Labute approximate surface area is 103 Å². The van der Waals surface area contributed by atoms with E-state index in [1.807, 2.05) is 6.92 Å². The Morgan fingerprint density at radius 3 is 2.75 bits per heavy atom. The molecule has 0 unspecified atom stereocenters. The second-order valence-corrected chi connectivity index (χ2v) is 5.03. The summed E-state index contributed by atoms with van der Waals surface area (Å²) in [5, 5.41) is 6.72. The molecule has 1 heterocycles. The average Bonchev–Trinajstić information content (AvgIpc) is 2.69. The Kier molecular flexibility index (Phi) is 6.61. The molecule has 0 atom stereocenters. The van der Waals surface area contributed by atoms with E-state index in [1.165, 1.54) is 18.7 Å². The van der Waals surface area contributed by atoms with Gasteiger partial charge in [0.25, 0.3) is 0 Å². The third-order valence-electron chi connectivity index (χ3n) is 2.56. The van der Waals surface area contributed by atoms with E-state index < -0.39 is 0 Å². The molecule has 0 bridgehead atoms. The fourth-order valence-corrected chi connectivity index (χ4v) is 2.30. The molecule has 1 N–H and O–H groups in total. The van der Waals surface area contributed by atoms with E-state index in [2.05, 4.69) is 34.4 Å². The Bertz CT molecular complexity index is 286. The molecule has 0 fully saturated rings. The summed E-state index contributed by atoms with van der Waals surface area (Å²) in [5.41, 5.74) is 1.17. The van der Waals surface area contributed by atoms with E-state index in [0.717, 1.165) is 31.2 Å². The summed E-state index contributed by atoms with van der Waals surface area (Å²) in [6, 6.07) is 0. The number of aromatic nitrogens is 1. The number of nitrogens with one attached hydrogen (secondary N) is 1. The van der Waals surface area contributed by atoms with E-state index in [1.54, 1.807) is 11.3 Å². The predicted molar refractivity (Wildman–Crippen MR) is 71.0 cm³/mol. The average molecular weight is 241 g/mol. The molecule has 0 aromatic carbocycles. The fraction of sp³-hybridized carbons (Fsp3) is 0.750. The van der Waals surface area contributed by atoms with Gasteiger partial charge < -0.3 is 10.2 Å². The van der Waals surface area contributed by atoms with Crippen LogP contribution in [0, 0.1) is 6.92 Å². The van der Waals surface area contributed by atoms with Gasteiger partial charge in [0.1, 0.15) is 0 Å². The van der Waals surface area contributed by atoms with Crippen LogP contribution in [0.25, 0.3) is 0 Å². The summed E-state index contributed by atoms with van der Waals surface area (Å²) in [7, 11) is 0. The van der Waals surface area contributed by atoms with Crippen molar-refractivity contribution in [2.24, 2.45) is 0 Å². The first-order chi connectivity index (χ1) is 7.76. The molecule has 0 aliphatic rings. The van der Waals surface area contributed by atoms with Gasteiger partial charge in [0.15, 0.2) is 0 Å². The molecule has 3 nitrogen and oxygen atoms in total. The van der Waals surface area contributed by atoms with Crippen molar-refractivity contribution in [3.63, 3.8) is 0 Å². The van der Waals surface area contributed by atoms with Crippen LogP contribution in [-0.2, 0) is 6.54 Å². The van der Waals surface area contributed by atoms with Crippen molar-refractivity contribution in [1.82, 2.24) is 15.2 Å². The number of thiazole rings is 1. The van der Waals surface area contributed by atoms with Crippen LogP contribution in [0.1, 0.15) is 31.0 Å². The molecule has 0 spiro atoms. The minimum atomic E-state index is 0.897. The third-order valence-corrected chi connectivity index (χ3v) is 3.39. The van der Waals surface area contributed by atoms with Crippen molar-refractivity contribution < 1.29 is 0 Å². The van der Waals surface area contributed by atoms with E-state index in [-0.39, 0.29) is 0 Å². The number of aryl methyl sites for hydroxylation is 1. The number of nitrogens with zero attached hydrogens (tertiary/aromatic N) is 2. The topological polar surface area (TPSA) is 28.2 Å². The van der Waals surface area contributed by atoms with Gasteiger partial charge in [0.2, 0.25) is 0 Å². The molecule has 0 radical (unpaired) electrons. The second-order valence-electron chi connectivity index (χ2n) is 3.97. The van der Waals surface area contributed by atoms with Gasteiger partial charge >= 0.3 is 0 Å². The van der Waals surface area contributed by atoms with E-state index in [4.69, 9.17) is 0 Å². The summed E-state index contributed by atoms with van der Waals surface area (Å²) in [6.07, 6.45) is 1.24. The maximum absolute atomic E-state index is 4.43. The first kappa shape index (κ1) is 13.6. The SMILES string of the molecule is CCCN(CC)CCNCc1csc(C)n1. The number of rotatable bonds is 8. The molecule has 0 aliphatic heterocycles. The van der Waals surface area contributed by atoms with Crippen molar-refractivity contribution in [3.05, 3.63) is 16.1 Å². The summed E-state index contributed by atoms with van der Waals surface area (Å²) in [5.74, 6) is 0. The predicted octanol–water partition coefficient (Wildman–Crippen LogP) is 2.27. The van der Waals surface area contributed by atoms with Crippen LogP contribution in [0.3, 0.4) is 0 Å². The molecule has 1 aromatic rings. The summed E-state index contributed by atoms with van der Waals surface area (Å²) in [6.45, 7) is 11.9. The highest BCUT2D eigenvalue weighted by Gasteiger charge is 2.01. The van der Waals surface area contributed by atoms with E-state index in [0.29, 0.717) is 0 Å². The molecular formula is C12H23N3S. The third kappa shape index (κ3) is 5.05. The van der Waals surface area contributed by atoms with Crippen LogP contribution in [0.4, 0.5) is 0 Å². The zero-order valence-electron chi connectivity index (χ0n) is 10.6.